The van der Waals surface area contributed by atoms with Gasteiger partial charge in [-0.15, -0.1) is 0 Å². The highest BCUT2D eigenvalue weighted by Crippen LogP contribution is 2.39. The zero-order valence-corrected chi connectivity index (χ0v) is 11.5. The van der Waals surface area contributed by atoms with Crippen LogP contribution in [-0.2, 0) is 0 Å². The molecule has 0 aliphatic heterocycles. The summed E-state index contributed by atoms with van der Waals surface area (Å²) in [5.74, 6) is 1.48. The summed E-state index contributed by atoms with van der Waals surface area (Å²) < 4.78 is 0. The van der Waals surface area contributed by atoms with Gasteiger partial charge in [0.1, 0.15) is 0 Å². The highest BCUT2D eigenvalue weighted by molar-refractivity contribution is 6.30. The van der Waals surface area contributed by atoms with Gasteiger partial charge in [-0.05, 0) is 42.4 Å². The highest BCUT2D eigenvalue weighted by atomic mass is 35.5. The van der Waals surface area contributed by atoms with Gasteiger partial charge in [0.2, 0.25) is 0 Å². The molecule has 1 aromatic rings. The first-order chi connectivity index (χ1) is 8.16. The van der Waals surface area contributed by atoms with Crippen molar-refractivity contribution in [2.75, 3.05) is 6.54 Å². The molecule has 0 aromatic heterocycles. The Morgan fingerprint density at radius 2 is 2.12 bits per heavy atom. The summed E-state index contributed by atoms with van der Waals surface area (Å²) in [5.41, 5.74) is 1.40. The molecule has 1 aliphatic rings. The van der Waals surface area contributed by atoms with Crippen LogP contribution >= 0.6 is 11.6 Å². The second kappa shape index (κ2) is 5.88. The maximum absolute atomic E-state index is 6.10. The smallest absolute Gasteiger partial charge is 0.0408 e. The van der Waals surface area contributed by atoms with Crippen molar-refractivity contribution in [2.24, 2.45) is 5.92 Å². The Kier molecular flexibility index (Phi) is 4.47. The fraction of sp³-hybridized carbons (Fsp3) is 0.600. The molecule has 0 radical (unpaired) electrons. The monoisotopic (exact) mass is 251 g/mol. The molecule has 2 rings (SSSR count). The van der Waals surface area contributed by atoms with Gasteiger partial charge >= 0.3 is 0 Å². The van der Waals surface area contributed by atoms with Gasteiger partial charge in [0.15, 0.2) is 0 Å². The molecule has 17 heavy (non-hydrogen) atoms. The van der Waals surface area contributed by atoms with Crippen LogP contribution in [0, 0.1) is 5.92 Å². The van der Waals surface area contributed by atoms with Gasteiger partial charge in [0.25, 0.3) is 0 Å². The predicted molar refractivity (Wildman–Crippen MR) is 74.7 cm³/mol. The van der Waals surface area contributed by atoms with Gasteiger partial charge in [0, 0.05) is 17.6 Å². The molecule has 1 nitrogen and oxygen atoms in total. The molecule has 1 unspecified atom stereocenters. The normalized spacial score (nSPS) is 18.1. The van der Waals surface area contributed by atoms with Crippen LogP contribution in [0.1, 0.15) is 44.6 Å². The Labute approximate surface area is 110 Å². The first-order valence-corrected chi connectivity index (χ1v) is 7.03. The van der Waals surface area contributed by atoms with Gasteiger partial charge in [-0.1, -0.05) is 44.0 Å². The van der Waals surface area contributed by atoms with Crippen LogP contribution in [0.15, 0.2) is 24.3 Å². The van der Waals surface area contributed by atoms with E-state index in [0.29, 0.717) is 12.0 Å². The highest BCUT2D eigenvalue weighted by Gasteiger charge is 2.28. The van der Waals surface area contributed by atoms with Crippen molar-refractivity contribution in [1.29, 1.82) is 0 Å². The van der Waals surface area contributed by atoms with Crippen molar-refractivity contribution in [1.82, 2.24) is 5.32 Å². The molecule has 0 saturated heterocycles. The van der Waals surface area contributed by atoms with Crippen LogP contribution in [-0.4, -0.2) is 12.6 Å². The van der Waals surface area contributed by atoms with Crippen LogP contribution in [0.3, 0.4) is 0 Å². The van der Waals surface area contributed by atoms with Crippen LogP contribution in [0.2, 0.25) is 5.02 Å². The molecule has 0 bridgehead atoms. The van der Waals surface area contributed by atoms with E-state index in [1.807, 2.05) is 6.07 Å². The van der Waals surface area contributed by atoms with E-state index in [9.17, 15) is 0 Å². The Balaban J connectivity index is 2.08. The maximum atomic E-state index is 6.10. The van der Waals surface area contributed by atoms with Gasteiger partial charge in [-0.25, -0.2) is 0 Å². The van der Waals surface area contributed by atoms with Crippen LogP contribution in [0.5, 0.6) is 0 Å². The fourth-order valence-corrected chi connectivity index (χ4v) is 2.70. The molecule has 1 fully saturated rings. The van der Waals surface area contributed by atoms with Gasteiger partial charge < -0.3 is 5.32 Å². The third kappa shape index (κ3) is 3.46. The van der Waals surface area contributed by atoms with Crippen LogP contribution in [0.4, 0.5) is 0 Å². The molecule has 0 spiro atoms. The Hall–Kier alpha value is -0.530. The van der Waals surface area contributed by atoms with Gasteiger partial charge in [-0.2, -0.15) is 0 Å². The molecule has 1 atom stereocenters. The van der Waals surface area contributed by atoms with Crippen molar-refractivity contribution in [2.45, 2.75) is 45.1 Å². The Morgan fingerprint density at radius 1 is 1.35 bits per heavy atom. The average Bonchev–Trinajstić information content (AvgIpc) is 2.21. The minimum absolute atomic E-state index is 0.553. The quantitative estimate of drug-likeness (QED) is 0.826. The largest absolute Gasteiger partial charge is 0.314 e. The van der Waals surface area contributed by atoms with Crippen LogP contribution in [0.25, 0.3) is 0 Å². The number of rotatable bonds is 5. The van der Waals surface area contributed by atoms with Crippen molar-refractivity contribution < 1.29 is 0 Å². The molecule has 1 aromatic carbocycles. The van der Waals surface area contributed by atoms with E-state index in [0.717, 1.165) is 17.5 Å². The van der Waals surface area contributed by atoms with E-state index >= 15 is 0 Å². The third-order valence-electron chi connectivity index (χ3n) is 3.74. The van der Waals surface area contributed by atoms with Gasteiger partial charge in [0.05, 0.1) is 0 Å². The molecular weight excluding hydrogens is 230 g/mol. The van der Waals surface area contributed by atoms with E-state index in [2.05, 4.69) is 37.4 Å². The first kappa shape index (κ1) is 12.9. The van der Waals surface area contributed by atoms with E-state index in [4.69, 9.17) is 11.6 Å². The number of hydrogen-bond acceptors (Lipinski definition) is 1. The lowest BCUT2D eigenvalue weighted by atomic mass is 9.73. The zero-order valence-electron chi connectivity index (χ0n) is 10.7. The lowest BCUT2D eigenvalue weighted by Gasteiger charge is -2.35. The van der Waals surface area contributed by atoms with Crippen molar-refractivity contribution in [3.63, 3.8) is 0 Å². The fourth-order valence-electron chi connectivity index (χ4n) is 2.50. The molecule has 94 valence electrons. The summed E-state index contributed by atoms with van der Waals surface area (Å²) in [6.45, 7) is 5.48. The van der Waals surface area contributed by atoms with Crippen molar-refractivity contribution >= 4 is 11.6 Å². The van der Waals surface area contributed by atoms with E-state index in [1.54, 1.807) is 0 Å². The lowest BCUT2D eigenvalue weighted by Crippen LogP contribution is -2.33. The lowest BCUT2D eigenvalue weighted by molar-refractivity contribution is 0.252. The third-order valence-corrected chi connectivity index (χ3v) is 3.98. The molecule has 1 saturated carbocycles. The zero-order chi connectivity index (χ0) is 12.3. The van der Waals surface area contributed by atoms with Gasteiger partial charge in [-0.3, -0.25) is 0 Å². The van der Waals surface area contributed by atoms with Crippen LogP contribution < -0.4 is 5.32 Å². The summed E-state index contributed by atoms with van der Waals surface area (Å²) in [6.07, 6.45) is 4.14. The number of hydrogen-bond donors (Lipinski definition) is 1. The topological polar surface area (TPSA) is 12.0 Å². The molecule has 0 amide bonds. The van der Waals surface area contributed by atoms with E-state index < -0.39 is 0 Å². The maximum Gasteiger partial charge on any atom is 0.0408 e. The average molecular weight is 252 g/mol. The Bertz CT molecular complexity index is 358. The molecular formula is C15H22ClN. The number of benzene rings is 1. The standard InChI is InChI=1S/C15H22ClN/c1-11(2)17-10-15(12-5-3-6-12)13-7-4-8-14(16)9-13/h4,7-9,11-12,15,17H,3,5-6,10H2,1-2H3. The number of halogens is 1. The van der Waals surface area contributed by atoms with Crippen molar-refractivity contribution in [3.05, 3.63) is 34.9 Å². The SMILES string of the molecule is CC(C)NCC(c1cccc(Cl)c1)C1CCC1. The van der Waals surface area contributed by atoms with Crippen molar-refractivity contribution in [3.8, 4) is 0 Å². The summed E-state index contributed by atoms with van der Waals surface area (Å²) in [6, 6.07) is 8.93. The molecule has 0 heterocycles. The Morgan fingerprint density at radius 3 is 2.65 bits per heavy atom. The van der Waals surface area contributed by atoms with E-state index in [-0.39, 0.29) is 0 Å². The summed E-state index contributed by atoms with van der Waals surface area (Å²) in [7, 11) is 0. The molecule has 1 aliphatic carbocycles. The second-order valence-corrected chi connectivity index (χ2v) is 5.85. The summed E-state index contributed by atoms with van der Waals surface area (Å²) in [5, 5.41) is 4.43. The predicted octanol–water partition coefficient (Wildman–Crippen LogP) is 4.22. The minimum atomic E-state index is 0.553. The second-order valence-electron chi connectivity index (χ2n) is 5.42. The summed E-state index contributed by atoms with van der Waals surface area (Å²) in [4.78, 5) is 0. The van der Waals surface area contributed by atoms with E-state index in [1.165, 1.54) is 24.8 Å². The number of nitrogens with one attached hydrogen (secondary N) is 1. The molecule has 2 heteroatoms. The summed E-state index contributed by atoms with van der Waals surface area (Å²) >= 11 is 6.10. The minimum Gasteiger partial charge on any atom is -0.314 e. The molecule has 1 N–H and O–H groups in total. The first-order valence-electron chi connectivity index (χ1n) is 6.65.